The number of pyridine rings is 2. The van der Waals surface area contributed by atoms with E-state index in [1.165, 1.54) is 6.20 Å². The Morgan fingerprint density at radius 3 is 2.30 bits per heavy atom. The fourth-order valence-electron chi connectivity index (χ4n) is 3.08. The van der Waals surface area contributed by atoms with Crippen LogP contribution in [0, 0.1) is 31.0 Å². The zero-order chi connectivity index (χ0) is 22.3. The Hall–Kier alpha value is -3.54. The van der Waals surface area contributed by atoms with Crippen molar-refractivity contribution in [1.82, 2.24) is 19.7 Å². The molecule has 5 aromatic rings. The molecule has 0 saturated carbocycles. The second kappa shape index (κ2) is 11.4. The number of benzene rings is 2. The van der Waals surface area contributed by atoms with Crippen molar-refractivity contribution in [3.8, 4) is 28.2 Å². The van der Waals surface area contributed by atoms with Crippen molar-refractivity contribution in [2.45, 2.75) is 6.92 Å². The molecule has 0 spiro atoms. The van der Waals surface area contributed by atoms with Gasteiger partial charge in [0.2, 0.25) is 0 Å². The van der Waals surface area contributed by atoms with E-state index in [9.17, 15) is 8.78 Å². The van der Waals surface area contributed by atoms with Crippen LogP contribution in [0.2, 0.25) is 0 Å². The third-order valence-electron chi connectivity index (χ3n) is 4.49. The first kappa shape index (κ1) is 24.1. The van der Waals surface area contributed by atoms with Gasteiger partial charge in [-0.25, -0.2) is 8.78 Å². The van der Waals surface area contributed by atoms with E-state index in [0.29, 0.717) is 5.69 Å². The van der Waals surface area contributed by atoms with Gasteiger partial charge < -0.3 is 4.98 Å². The molecule has 3 heterocycles. The molecule has 0 amide bonds. The molecule has 0 aliphatic heterocycles. The van der Waals surface area contributed by atoms with Crippen LogP contribution in [-0.2, 0) is 20.1 Å². The molecule has 33 heavy (non-hydrogen) atoms. The number of aromatic nitrogens is 4. The van der Waals surface area contributed by atoms with Crippen LogP contribution < -0.4 is 0 Å². The summed E-state index contributed by atoms with van der Waals surface area (Å²) < 4.78 is 27.5. The third-order valence-corrected chi connectivity index (χ3v) is 4.49. The minimum atomic E-state index is -0.899. The van der Waals surface area contributed by atoms with Gasteiger partial charge in [0, 0.05) is 31.9 Å². The molecule has 3 aromatic heterocycles. The predicted molar refractivity (Wildman–Crippen MR) is 119 cm³/mol. The Labute approximate surface area is 204 Å². The van der Waals surface area contributed by atoms with Crippen molar-refractivity contribution in [3.63, 3.8) is 0 Å². The molecule has 0 unspecified atom stereocenters. The van der Waals surface area contributed by atoms with Gasteiger partial charge in [-0.3, -0.25) is 9.67 Å². The van der Waals surface area contributed by atoms with Crippen molar-refractivity contribution in [2.75, 3.05) is 0 Å². The molecular formula is C26H18F2IrN4-2. The third kappa shape index (κ3) is 6.03. The Kier molecular flexibility index (Phi) is 8.30. The number of hydrogen-bond acceptors (Lipinski definition) is 3. The quantitative estimate of drug-likeness (QED) is 0.188. The normalized spacial score (nSPS) is 10.0. The van der Waals surface area contributed by atoms with Gasteiger partial charge in [-0.15, -0.1) is 12.1 Å². The summed E-state index contributed by atoms with van der Waals surface area (Å²) in [6, 6.07) is 31.9. The second-order valence-electron chi connectivity index (χ2n) is 6.80. The van der Waals surface area contributed by atoms with Crippen molar-refractivity contribution in [2.24, 2.45) is 0 Å². The smallest absolute Gasteiger partial charge is 0.128 e. The average molecular weight is 617 g/mol. The Morgan fingerprint density at radius 1 is 0.879 bits per heavy atom. The van der Waals surface area contributed by atoms with E-state index in [1.54, 1.807) is 18.2 Å². The van der Waals surface area contributed by atoms with Crippen LogP contribution in [-0.4, -0.2) is 19.7 Å². The summed E-state index contributed by atoms with van der Waals surface area (Å²) in [5, 5.41) is 4.54. The Bertz CT molecular complexity index is 1240. The molecule has 1 radical (unpaired) electrons. The minimum Gasteiger partial charge on any atom is -0.305 e. The maximum absolute atomic E-state index is 13.1. The van der Waals surface area contributed by atoms with Crippen LogP contribution >= 0.6 is 0 Å². The van der Waals surface area contributed by atoms with E-state index in [0.717, 1.165) is 28.7 Å². The van der Waals surface area contributed by atoms with E-state index >= 15 is 0 Å². The topological polar surface area (TPSA) is 43.6 Å². The second-order valence-corrected chi connectivity index (χ2v) is 6.80. The van der Waals surface area contributed by atoms with Crippen LogP contribution in [0.1, 0.15) is 5.69 Å². The molecule has 167 valence electrons. The summed E-state index contributed by atoms with van der Waals surface area (Å²) in [5.41, 5.74) is 4.69. The van der Waals surface area contributed by atoms with Crippen LogP contribution in [0.3, 0.4) is 0 Å². The first-order chi connectivity index (χ1) is 15.6. The standard InChI is InChI=1S/C16H13N2.C10H5F2N2.Ir/c1-13-12-16(14-8-4-2-5-9-14)18(17-13)15-10-6-3-7-11-15;11-9-5-4-7(10(12)14-9)8-3-1-2-6-13-8;/h2-10,12H,1H3;1-3,5-6H;/q2*-1;. The molecule has 7 heteroatoms. The summed E-state index contributed by atoms with van der Waals surface area (Å²) >= 11 is 0. The van der Waals surface area contributed by atoms with E-state index < -0.39 is 11.9 Å². The number of rotatable bonds is 3. The molecule has 0 aliphatic carbocycles. The van der Waals surface area contributed by atoms with Gasteiger partial charge in [0.05, 0.1) is 11.4 Å². The van der Waals surface area contributed by atoms with Gasteiger partial charge in [0.25, 0.3) is 0 Å². The summed E-state index contributed by atoms with van der Waals surface area (Å²) in [5.74, 6) is -1.79. The zero-order valence-electron chi connectivity index (χ0n) is 17.5. The fourth-order valence-corrected chi connectivity index (χ4v) is 3.08. The molecule has 2 aromatic carbocycles. The van der Waals surface area contributed by atoms with Crippen LogP contribution in [0.4, 0.5) is 8.78 Å². The summed E-state index contributed by atoms with van der Waals surface area (Å²) in [6.45, 7) is 2.01. The Morgan fingerprint density at radius 2 is 1.64 bits per heavy atom. The van der Waals surface area contributed by atoms with Crippen LogP contribution in [0.25, 0.3) is 28.2 Å². The van der Waals surface area contributed by atoms with Crippen molar-refractivity contribution < 1.29 is 28.9 Å². The molecule has 0 aliphatic rings. The Balaban J connectivity index is 0.000000186. The van der Waals surface area contributed by atoms with Crippen molar-refractivity contribution >= 4 is 0 Å². The molecule has 4 nitrogen and oxygen atoms in total. The van der Waals surface area contributed by atoms with Gasteiger partial charge in [0.15, 0.2) is 0 Å². The maximum Gasteiger partial charge on any atom is 0.128 e. The minimum absolute atomic E-state index is 0. The number of nitrogens with zero attached hydrogens (tertiary/aromatic N) is 4. The van der Waals surface area contributed by atoms with Gasteiger partial charge >= 0.3 is 0 Å². The van der Waals surface area contributed by atoms with Gasteiger partial charge in [-0.05, 0) is 30.4 Å². The molecular weight excluding hydrogens is 599 g/mol. The molecule has 0 N–H and O–H groups in total. The van der Waals surface area contributed by atoms with Gasteiger partial charge in [0.1, 0.15) is 11.9 Å². The predicted octanol–water partition coefficient (Wildman–Crippen LogP) is 5.87. The molecule has 5 rings (SSSR count). The van der Waals surface area contributed by atoms with Crippen molar-refractivity contribution in [3.05, 3.63) is 121 Å². The number of halogens is 2. The molecule has 0 atom stereocenters. The van der Waals surface area contributed by atoms with Gasteiger partial charge in [-0.1, -0.05) is 54.1 Å². The first-order valence-electron chi connectivity index (χ1n) is 9.86. The largest absolute Gasteiger partial charge is 0.305 e. The van der Waals surface area contributed by atoms with Crippen LogP contribution in [0.5, 0.6) is 0 Å². The number of para-hydroxylation sites is 1. The maximum atomic E-state index is 13.1. The van der Waals surface area contributed by atoms with Gasteiger partial charge in [-0.2, -0.15) is 29.4 Å². The summed E-state index contributed by atoms with van der Waals surface area (Å²) in [7, 11) is 0. The molecule has 0 bridgehead atoms. The SMILES string of the molecule is Cc1cc(-c2ccccc2)n(-c2[c-]cccc2)n1.Fc1c[c-]c(-c2ccccn2)c(F)n1.[Ir]. The summed E-state index contributed by atoms with van der Waals surface area (Å²) in [6.07, 6.45) is 1.52. The van der Waals surface area contributed by atoms with E-state index in [-0.39, 0.29) is 25.7 Å². The number of hydrogen-bond donors (Lipinski definition) is 0. The van der Waals surface area contributed by atoms with E-state index in [2.05, 4.69) is 45.4 Å². The van der Waals surface area contributed by atoms with E-state index in [4.69, 9.17) is 0 Å². The molecule has 0 saturated heterocycles. The monoisotopic (exact) mass is 617 g/mol. The average Bonchev–Trinajstić information content (AvgIpc) is 3.23. The number of aryl methyl sites for hydroxylation is 1. The zero-order valence-corrected chi connectivity index (χ0v) is 19.9. The van der Waals surface area contributed by atoms with Crippen molar-refractivity contribution in [1.29, 1.82) is 0 Å². The van der Waals surface area contributed by atoms with Crippen LogP contribution in [0.15, 0.2) is 91.1 Å². The summed E-state index contributed by atoms with van der Waals surface area (Å²) in [4.78, 5) is 6.95. The first-order valence-corrected chi connectivity index (χ1v) is 9.86. The fraction of sp³-hybridized carbons (Fsp3) is 0.0385. The van der Waals surface area contributed by atoms with E-state index in [1.807, 2.05) is 54.1 Å². The molecule has 0 fully saturated rings.